The smallest absolute Gasteiger partial charge is 0.243 e. The number of carbonyl (C=O) groups is 1. The van der Waals surface area contributed by atoms with Gasteiger partial charge in [0.05, 0.1) is 10.9 Å². The summed E-state index contributed by atoms with van der Waals surface area (Å²) >= 11 is 0. The molecule has 6 nitrogen and oxygen atoms in total. The molecule has 2 rings (SSSR count). The Labute approximate surface area is 131 Å². The number of hydrogen-bond acceptors (Lipinski definition) is 4. The van der Waals surface area contributed by atoms with Gasteiger partial charge in [-0.1, -0.05) is 13.8 Å². The summed E-state index contributed by atoms with van der Waals surface area (Å²) in [4.78, 5) is 14.0. The molecule has 0 unspecified atom stereocenters. The predicted molar refractivity (Wildman–Crippen MR) is 86.3 cm³/mol. The summed E-state index contributed by atoms with van der Waals surface area (Å²) in [6.45, 7) is 6.70. The molecule has 0 saturated heterocycles. The first-order valence-corrected chi connectivity index (χ1v) is 8.97. The van der Waals surface area contributed by atoms with E-state index in [0.717, 1.165) is 11.3 Å². The fourth-order valence-electron chi connectivity index (χ4n) is 2.73. The molecule has 22 heavy (non-hydrogen) atoms. The van der Waals surface area contributed by atoms with Gasteiger partial charge in [0.2, 0.25) is 15.9 Å². The van der Waals surface area contributed by atoms with E-state index in [2.05, 4.69) is 0 Å². The van der Waals surface area contributed by atoms with Gasteiger partial charge in [0.1, 0.15) is 0 Å². The summed E-state index contributed by atoms with van der Waals surface area (Å²) in [5.74, 6) is -0.141. The molecule has 0 bridgehead atoms. The molecule has 0 fully saturated rings. The molecular weight excluding hydrogens is 302 g/mol. The highest BCUT2D eigenvalue weighted by atomic mass is 32.2. The molecule has 2 N–H and O–H groups in total. The van der Waals surface area contributed by atoms with Crippen LogP contribution >= 0.6 is 0 Å². The second-order valence-electron chi connectivity index (χ2n) is 5.41. The standard InChI is InChI=1S/C15H23N3O3S/c1-4-17(5-2)22(20,21)13-6-7-14-12(10-13)8-9-18(14)15(19)11(3)16/h6-7,10-11H,4-5,8-9,16H2,1-3H3/t11-/m0/s1. The number of anilines is 1. The van der Waals surface area contributed by atoms with E-state index in [0.29, 0.717) is 26.1 Å². The van der Waals surface area contributed by atoms with Crippen molar-refractivity contribution in [3.05, 3.63) is 23.8 Å². The van der Waals surface area contributed by atoms with Crippen LogP contribution in [0.5, 0.6) is 0 Å². The summed E-state index contributed by atoms with van der Waals surface area (Å²) in [5.41, 5.74) is 7.30. The van der Waals surface area contributed by atoms with E-state index in [-0.39, 0.29) is 10.8 Å². The van der Waals surface area contributed by atoms with Crippen LogP contribution in [0.2, 0.25) is 0 Å². The highest BCUT2D eigenvalue weighted by Crippen LogP contribution is 2.31. The number of carbonyl (C=O) groups excluding carboxylic acids is 1. The maximum Gasteiger partial charge on any atom is 0.243 e. The van der Waals surface area contributed by atoms with Crippen molar-refractivity contribution < 1.29 is 13.2 Å². The van der Waals surface area contributed by atoms with Crippen LogP contribution in [0.4, 0.5) is 5.69 Å². The average Bonchev–Trinajstić information content (AvgIpc) is 2.90. The molecule has 0 aromatic heterocycles. The minimum absolute atomic E-state index is 0.141. The van der Waals surface area contributed by atoms with Gasteiger partial charge in [-0.05, 0) is 37.1 Å². The molecule has 1 atom stereocenters. The lowest BCUT2D eigenvalue weighted by atomic mass is 10.2. The van der Waals surface area contributed by atoms with Crippen molar-refractivity contribution in [3.63, 3.8) is 0 Å². The van der Waals surface area contributed by atoms with E-state index >= 15 is 0 Å². The number of nitrogens with two attached hydrogens (primary N) is 1. The Morgan fingerprint density at radius 2 is 2.00 bits per heavy atom. The quantitative estimate of drug-likeness (QED) is 0.874. The van der Waals surface area contributed by atoms with Crippen LogP contribution in [0.25, 0.3) is 0 Å². The summed E-state index contributed by atoms with van der Waals surface area (Å²) in [7, 11) is -3.47. The van der Waals surface area contributed by atoms with Crippen LogP contribution in [0.1, 0.15) is 26.3 Å². The third-order valence-corrected chi connectivity index (χ3v) is 5.99. The second kappa shape index (κ2) is 6.36. The maximum atomic E-state index is 12.5. The molecule has 1 heterocycles. The van der Waals surface area contributed by atoms with E-state index in [1.165, 1.54) is 4.31 Å². The zero-order valence-electron chi connectivity index (χ0n) is 13.2. The van der Waals surface area contributed by atoms with Gasteiger partial charge >= 0.3 is 0 Å². The monoisotopic (exact) mass is 325 g/mol. The lowest BCUT2D eigenvalue weighted by molar-refractivity contribution is -0.119. The van der Waals surface area contributed by atoms with Gasteiger partial charge < -0.3 is 10.6 Å². The number of fused-ring (bicyclic) bond motifs is 1. The molecule has 1 aromatic rings. The number of benzene rings is 1. The Morgan fingerprint density at radius 3 is 2.55 bits per heavy atom. The SMILES string of the molecule is CCN(CC)S(=O)(=O)c1ccc2c(c1)CCN2C(=O)[C@H](C)N. The zero-order chi connectivity index (χ0) is 16.5. The Morgan fingerprint density at radius 1 is 1.36 bits per heavy atom. The lowest BCUT2D eigenvalue weighted by Crippen LogP contribution is -2.41. The number of hydrogen-bond donors (Lipinski definition) is 1. The first-order valence-electron chi connectivity index (χ1n) is 7.53. The summed E-state index contributed by atoms with van der Waals surface area (Å²) in [6, 6.07) is 4.39. The summed E-state index contributed by atoms with van der Waals surface area (Å²) in [6.07, 6.45) is 0.648. The van der Waals surface area contributed by atoms with Gasteiger partial charge in [-0.2, -0.15) is 4.31 Å². The van der Waals surface area contributed by atoms with Crippen LogP contribution in [-0.4, -0.2) is 44.3 Å². The molecule has 0 spiro atoms. The van der Waals surface area contributed by atoms with Crippen molar-refractivity contribution in [2.45, 2.75) is 38.1 Å². The summed E-state index contributed by atoms with van der Waals surface area (Å²) < 4.78 is 26.5. The Balaban J connectivity index is 2.37. The minimum atomic E-state index is -3.47. The van der Waals surface area contributed by atoms with Crippen LogP contribution in [0, 0.1) is 0 Å². The van der Waals surface area contributed by atoms with Crippen LogP contribution in [0.15, 0.2) is 23.1 Å². The average molecular weight is 325 g/mol. The van der Waals surface area contributed by atoms with Gasteiger partial charge in [-0.3, -0.25) is 4.79 Å². The molecule has 1 aliphatic rings. The van der Waals surface area contributed by atoms with Gasteiger partial charge in [0.25, 0.3) is 0 Å². The molecule has 1 aliphatic heterocycles. The third-order valence-electron chi connectivity index (χ3n) is 3.95. The minimum Gasteiger partial charge on any atom is -0.320 e. The van der Waals surface area contributed by atoms with Crippen molar-refractivity contribution in [1.29, 1.82) is 0 Å². The topological polar surface area (TPSA) is 83.7 Å². The van der Waals surface area contributed by atoms with Gasteiger partial charge in [0.15, 0.2) is 0 Å². The van der Waals surface area contributed by atoms with E-state index in [1.807, 2.05) is 13.8 Å². The molecule has 1 amide bonds. The molecular formula is C15H23N3O3S. The molecule has 7 heteroatoms. The molecule has 0 radical (unpaired) electrons. The van der Waals surface area contributed by atoms with Crippen molar-refractivity contribution in [2.24, 2.45) is 5.73 Å². The number of amides is 1. The Bertz CT molecular complexity index is 667. The van der Waals surface area contributed by atoms with Crippen molar-refractivity contribution in [3.8, 4) is 0 Å². The Hall–Kier alpha value is -1.44. The highest BCUT2D eigenvalue weighted by Gasteiger charge is 2.29. The van der Waals surface area contributed by atoms with E-state index in [4.69, 9.17) is 5.73 Å². The largest absolute Gasteiger partial charge is 0.320 e. The normalized spacial score (nSPS) is 16.0. The van der Waals surface area contributed by atoms with Crippen LogP contribution < -0.4 is 10.6 Å². The third kappa shape index (κ3) is 2.88. The fourth-order valence-corrected chi connectivity index (χ4v) is 4.24. The van der Waals surface area contributed by atoms with E-state index in [1.54, 1.807) is 30.0 Å². The number of sulfonamides is 1. The van der Waals surface area contributed by atoms with Gasteiger partial charge in [-0.25, -0.2) is 8.42 Å². The van der Waals surface area contributed by atoms with Gasteiger partial charge in [-0.15, -0.1) is 0 Å². The zero-order valence-corrected chi connectivity index (χ0v) is 14.1. The number of nitrogens with zero attached hydrogens (tertiary/aromatic N) is 2. The van der Waals surface area contributed by atoms with E-state index in [9.17, 15) is 13.2 Å². The first kappa shape index (κ1) is 16.9. The molecule has 122 valence electrons. The van der Waals surface area contributed by atoms with Crippen LogP contribution in [0.3, 0.4) is 0 Å². The number of rotatable bonds is 5. The predicted octanol–water partition coefficient (Wildman–Crippen LogP) is 0.953. The Kier molecular flexibility index (Phi) is 4.89. The second-order valence-corrected chi connectivity index (χ2v) is 7.35. The lowest BCUT2D eigenvalue weighted by Gasteiger charge is -2.21. The van der Waals surface area contributed by atoms with Crippen molar-refractivity contribution >= 4 is 21.6 Å². The fraction of sp³-hybridized carbons (Fsp3) is 0.533. The molecule has 0 aliphatic carbocycles. The first-order chi connectivity index (χ1) is 10.3. The maximum absolute atomic E-state index is 12.5. The molecule has 0 saturated carbocycles. The highest BCUT2D eigenvalue weighted by molar-refractivity contribution is 7.89. The molecule has 1 aromatic carbocycles. The van der Waals surface area contributed by atoms with E-state index < -0.39 is 16.1 Å². The van der Waals surface area contributed by atoms with Crippen LogP contribution in [-0.2, 0) is 21.2 Å². The van der Waals surface area contributed by atoms with Crippen molar-refractivity contribution in [2.75, 3.05) is 24.5 Å². The summed E-state index contributed by atoms with van der Waals surface area (Å²) in [5, 5.41) is 0. The van der Waals surface area contributed by atoms with Crippen molar-refractivity contribution in [1.82, 2.24) is 4.31 Å². The van der Waals surface area contributed by atoms with Gasteiger partial charge in [0, 0.05) is 25.3 Å².